The van der Waals surface area contributed by atoms with Crippen LogP contribution in [0.5, 0.6) is 0 Å². The Morgan fingerprint density at radius 2 is 2.08 bits per heavy atom. The van der Waals surface area contributed by atoms with E-state index >= 15 is 0 Å². The molecule has 0 aromatic carbocycles. The van der Waals surface area contributed by atoms with Crippen LogP contribution in [0, 0.1) is 6.92 Å². The average Bonchev–Trinajstić information content (AvgIpc) is 3.38. The first kappa shape index (κ1) is 16.6. The van der Waals surface area contributed by atoms with Crippen molar-refractivity contribution in [1.29, 1.82) is 0 Å². The number of hydrogen-bond donors (Lipinski definition) is 2. The van der Waals surface area contributed by atoms with E-state index in [1.165, 1.54) is 0 Å². The number of H-pyrrole nitrogens is 1. The van der Waals surface area contributed by atoms with Crippen molar-refractivity contribution in [2.75, 3.05) is 0 Å². The van der Waals surface area contributed by atoms with Crippen molar-refractivity contribution in [3.63, 3.8) is 0 Å². The van der Waals surface area contributed by atoms with Crippen molar-refractivity contribution < 1.29 is 4.79 Å². The number of aryl methyl sites for hydroxylation is 1. The van der Waals surface area contributed by atoms with Gasteiger partial charge in [-0.1, -0.05) is 0 Å². The van der Waals surface area contributed by atoms with Gasteiger partial charge in [-0.25, -0.2) is 0 Å². The summed E-state index contributed by atoms with van der Waals surface area (Å²) in [6.07, 6.45) is 9.55. The van der Waals surface area contributed by atoms with Crippen molar-refractivity contribution in [3.8, 4) is 11.3 Å². The molecule has 8 heteroatoms. The van der Waals surface area contributed by atoms with Crippen LogP contribution in [0.1, 0.15) is 47.9 Å². The van der Waals surface area contributed by atoms with Crippen LogP contribution in [-0.4, -0.2) is 41.7 Å². The molecule has 1 aliphatic rings. The zero-order valence-corrected chi connectivity index (χ0v) is 15.0. The van der Waals surface area contributed by atoms with Crippen LogP contribution in [0.15, 0.2) is 30.7 Å². The zero-order chi connectivity index (χ0) is 18.1. The summed E-state index contributed by atoms with van der Waals surface area (Å²) in [6.45, 7) is 1.98. The number of aromatic nitrogens is 6. The molecule has 1 amide bonds. The second-order valence-corrected chi connectivity index (χ2v) is 6.90. The molecule has 0 bridgehead atoms. The monoisotopic (exact) mass is 353 g/mol. The van der Waals surface area contributed by atoms with Gasteiger partial charge in [0.1, 0.15) is 5.69 Å². The molecule has 0 radical (unpaired) electrons. The van der Waals surface area contributed by atoms with E-state index < -0.39 is 0 Å². The highest BCUT2D eigenvalue weighted by molar-refractivity contribution is 5.93. The van der Waals surface area contributed by atoms with Gasteiger partial charge in [0.25, 0.3) is 5.91 Å². The Morgan fingerprint density at radius 3 is 2.73 bits per heavy atom. The third-order valence-electron chi connectivity index (χ3n) is 5.26. The lowest BCUT2D eigenvalue weighted by Gasteiger charge is -2.29. The first-order valence-electron chi connectivity index (χ1n) is 8.96. The highest BCUT2D eigenvalue weighted by Gasteiger charge is 2.24. The summed E-state index contributed by atoms with van der Waals surface area (Å²) >= 11 is 0. The van der Waals surface area contributed by atoms with Crippen molar-refractivity contribution in [1.82, 2.24) is 35.1 Å². The highest BCUT2D eigenvalue weighted by Crippen LogP contribution is 2.28. The van der Waals surface area contributed by atoms with E-state index in [1.807, 2.05) is 37.1 Å². The van der Waals surface area contributed by atoms with E-state index in [0.29, 0.717) is 11.7 Å². The fraction of sp³-hybridized carbons (Fsp3) is 0.444. The molecule has 3 aromatic heterocycles. The second kappa shape index (κ2) is 6.78. The molecule has 0 atom stereocenters. The van der Waals surface area contributed by atoms with Gasteiger partial charge in [0.2, 0.25) is 0 Å². The number of carbonyl (C=O) groups is 1. The number of nitrogens with one attached hydrogen (secondary N) is 2. The lowest BCUT2D eigenvalue weighted by atomic mass is 9.91. The van der Waals surface area contributed by atoms with E-state index in [0.717, 1.165) is 42.6 Å². The maximum atomic E-state index is 12.5. The number of carbonyl (C=O) groups excluding carboxylic acids is 1. The van der Waals surface area contributed by atoms with Crippen molar-refractivity contribution in [2.45, 2.75) is 44.7 Å². The average molecular weight is 353 g/mol. The van der Waals surface area contributed by atoms with Crippen LogP contribution in [0.4, 0.5) is 0 Å². The lowest BCUT2D eigenvalue weighted by molar-refractivity contribution is 0.0916. The van der Waals surface area contributed by atoms with Gasteiger partial charge in [0.15, 0.2) is 0 Å². The summed E-state index contributed by atoms with van der Waals surface area (Å²) in [5.41, 5.74) is 3.17. The minimum absolute atomic E-state index is 0.104. The SMILES string of the molecule is Cc1c(-c2cc(C(=O)NC3CCC(n4cccn4)CC3)[nH]n2)cnn1C. The molecule has 8 nitrogen and oxygen atoms in total. The third kappa shape index (κ3) is 3.14. The van der Waals surface area contributed by atoms with Crippen molar-refractivity contribution in [2.24, 2.45) is 7.05 Å². The highest BCUT2D eigenvalue weighted by atomic mass is 16.2. The lowest BCUT2D eigenvalue weighted by Crippen LogP contribution is -2.38. The first-order chi connectivity index (χ1) is 12.6. The molecule has 136 valence electrons. The molecule has 4 rings (SSSR count). The Labute approximate surface area is 151 Å². The van der Waals surface area contributed by atoms with Gasteiger partial charge < -0.3 is 5.32 Å². The molecule has 1 saturated carbocycles. The Kier molecular flexibility index (Phi) is 4.32. The Morgan fingerprint density at radius 1 is 1.27 bits per heavy atom. The summed E-state index contributed by atoms with van der Waals surface area (Å²) in [6, 6.07) is 4.37. The smallest absolute Gasteiger partial charge is 0.269 e. The van der Waals surface area contributed by atoms with Gasteiger partial charge in [0, 0.05) is 36.7 Å². The molecule has 3 heterocycles. The molecule has 2 N–H and O–H groups in total. The molecule has 26 heavy (non-hydrogen) atoms. The van der Waals surface area contributed by atoms with Gasteiger partial charge >= 0.3 is 0 Å². The van der Waals surface area contributed by atoms with Gasteiger partial charge in [-0.15, -0.1) is 0 Å². The molecular formula is C18H23N7O. The molecule has 0 unspecified atom stereocenters. The van der Waals surface area contributed by atoms with Crippen LogP contribution in [0.3, 0.4) is 0 Å². The minimum atomic E-state index is -0.104. The maximum absolute atomic E-state index is 12.5. The van der Waals surface area contributed by atoms with Gasteiger partial charge in [-0.2, -0.15) is 15.3 Å². The number of nitrogens with zero attached hydrogens (tertiary/aromatic N) is 5. The third-order valence-corrected chi connectivity index (χ3v) is 5.26. The number of aromatic amines is 1. The predicted molar refractivity (Wildman–Crippen MR) is 96.5 cm³/mol. The standard InChI is InChI=1S/C18H23N7O/c1-12-15(11-20-24(12)2)16-10-17(23-22-16)18(26)21-13-4-6-14(7-5-13)25-9-3-8-19-25/h3,8-11,13-14H,4-7H2,1-2H3,(H,21,26)(H,22,23). The summed E-state index contributed by atoms with van der Waals surface area (Å²) in [4.78, 5) is 12.5. The van der Waals surface area contributed by atoms with Gasteiger partial charge in [-0.3, -0.25) is 19.3 Å². The van der Waals surface area contributed by atoms with E-state index in [9.17, 15) is 4.79 Å². The number of rotatable bonds is 4. The molecule has 0 aliphatic heterocycles. The van der Waals surface area contributed by atoms with Gasteiger partial charge in [0.05, 0.1) is 17.9 Å². The number of hydrogen-bond acceptors (Lipinski definition) is 4. The molecule has 0 spiro atoms. The largest absolute Gasteiger partial charge is 0.348 e. The molecule has 1 aliphatic carbocycles. The maximum Gasteiger partial charge on any atom is 0.269 e. The van der Waals surface area contributed by atoms with Crippen LogP contribution in [0.2, 0.25) is 0 Å². The number of amides is 1. The van der Waals surface area contributed by atoms with Crippen molar-refractivity contribution in [3.05, 3.63) is 42.1 Å². The summed E-state index contributed by atoms with van der Waals surface area (Å²) in [5.74, 6) is -0.104. The quantitative estimate of drug-likeness (QED) is 0.752. The van der Waals surface area contributed by atoms with Crippen molar-refractivity contribution >= 4 is 5.91 Å². The molecule has 1 fully saturated rings. The van der Waals surface area contributed by atoms with Crippen LogP contribution < -0.4 is 5.32 Å². The summed E-state index contributed by atoms with van der Waals surface area (Å²) in [5, 5.41) is 18.8. The predicted octanol–water partition coefficient (Wildman–Crippen LogP) is 2.23. The van der Waals surface area contributed by atoms with E-state index in [-0.39, 0.29) is 11.9 Å². The molecule has 0 saturated heterocycles. The minimum Gasteiger partial charge on any atom is -0.348 e. The van der Waals surface area contributed by atoms with E-state index in [2.05, 4.69) is 25.7 Å². The fourth-order valence-electron chi connectivity index (χ4n) is 3.57. The molecular weight excluding hydrogens is 330 g/mol. The van der Waals surface area contributed by atoms with E-state index in [4.69, 9.17) is 0 Å². The van der Waals surface area contributed by atoms with E-state index in [1.54, 1.807) is 16.9 Å². The summed E-state index contributed by atoms with van der Waals surface area (Å²) < 4.78 is 3.82. The van der Waals surface area contributed by atoms with Gasteiger partial charge in [-0.05, 0) is 44.7 Å². The Bertz CT molecular complexity index is 885. The summed E-state index contributed by atoms with van der Waals surface area (Å²) in [7, 11) is 1.89. The van der Waals surface area contributed by atoms with Crippen LogP contribution >= 0.6 is 0 Å². The normalized spacial score (nSPS) is 20.2. The van der Waals surface area contributed by atoms with Crippen LogP contribution in [0.25, 0.3) is 11.3 Å². The first-order valence-corrected chi connectivity index (χ1v) is 8.96. The zero-order valence-electron chi connectivity index (χ0n) is 15.0. The Hall–Kier alpha value is -2.90. The molecule has 3 aromatic rings. The van der Waals surface area contributed by atoms with Crippen LogP contribution in [-0.2, 0) is 7.05 Å². The second-order valence-electron chi connectivity index (χ2n) is 6.90. The Balaban J connectivity index is 1.36. The fourth-order valence-corrected chi connectivity index (χ4v) is 3.57. The topological polar surface area (TPSA) is 93.4 Å².